The Labute approximate surface area is 59.1 Å². The van der Waals surface area contributed by atoms with Gasteiger partial charge < -0.3 is 4.90 Å². The first kappa shape index (κ1) is 8.96. The molecule has 1 saturated heterocycles. The van der Waals surface area contributed by atoms with Gasteiger partial charge in [-0.1, -0.05) is 20.3 Å². The fraction of sp³-hybridized carbons (Fsp3) is 1.00. The smallest absolute Gasteiger partial charge is 0.00213 e. The predicted molar refractivity (Wildman–Crippen MR) is 42.7 cm³/mol. The first-order chi connectivity index (χ1) is 4.31. The van der Waals surface area contributed by atoms with Gasteiger partial charge in [-0.3, -0.25) is 0 Å². The molecule has 0 aliphatic carbocycles. The third-order valence-corrected chi connectivity index (χ3v) is 1.33. The lowest BCUT2D eigenvalue weighted by molar-refractivity contribution is 0.418. The van der Waals surface area contributed by atoms with Gasteiger partial charge >= 0.3 is 0 Å². The van der Waals surface area contributed by atoms with Gasteiger partial charge in [0.25, 0.3) is 0 Å². The van der Waals surface area contributed by atoms with Gasteiger partial charge in [0.15, 0.2) is 0 Å². The second-order valence-corrected chi connectivity index (χ2v) is 2.72. The fourth-order valence-corrected chi connectivity index (χ4v) is 0.875. The molecule has 0 atom stereocenters. The molecule has 0 spiro atoms. The zero-order chi connectivity index (χ0) is 7.11. The van der Waals surface area contributed by atoms with E-state index in [1.165, 1.54) is 32.4 Å². The van der Waals surface area contributed by atoms with Gasteiger partial charge in [0, 0.05) is 0 Å². The Hall–Kier alpha value is -0.0400. The van der Waals surface area contributed by atoms with Crippen molar-refractivity contribution in [2.45, 2.75) is 33.1 Å². The summed E-state index contributed by atoms with van der Waals surface area (Å²) in [7, 11) is 2.17. The monoisotopic (exact) mass is 129 g/mol. The third-order valence-electron chi connectivity index (χ3n) is 1.33. The van der Waals surface area contributed by atoms with Crippen LogP contribution >= 0.6 is 0 Å². The molecule has 1 aliphatic heterocycles. The van der Waals surface area contributed by atoms with E-state index >= 15 is 0 Å². The normalized spacial score (nSPS) is 19.0. The van der Waals surface area contributed by atoms with Gasteiger partial charge in [-0.25, -0.2) is 0 Å². The van der Waals surface area contributed by atoms with Crippen LogP contribution in [0.15, 0.2) is 0 Å². The Morgan fingerprint density at radius 2 is 1.44 bits per heavy atom. The third kappa shape index (κ3) is 5.84. The number of hydrogen-bond acceptors (Lipinski definition) is 1. The van der Waals surface area contributed by atoms with Crippen LogP contribution in [-0.4, -0.2) is 25.0 Å². The molecule has 0 saturated carbocycles. The van der Waals surface area contributed by atoms with Crippen molar-refractivity contribution < 1.29 is 0 Å². The van der Waals surface area contributed by atoms with Crippen molar-refractivity contribution >= 4 is 0 Å². The molecule has 1 rings (SSSR count). The van der Waals surface area contributed by atoms with Crippen molar-refractivity contribution in [1.29, 1.82) is 0 Å². The van der Waals surface area contributed by atoms with Crippen molar-refractivity contribution in [2.24, 2.45) is 0 Å². The standard InChI is InChI=1S/C5H11N.C3H8/c1-6-4-2-3-5-6;1-3-2/h2-5H2,1H3;3H2,1-2H3. The van der Waals surface area contributed by atoms with Crippen LogP contribution in [0.3, 0.4) is 0 Å². The molecule has 1 heterocycles. The minimum absolute atomic E-state index is 1.25. The molecule has 0 aromatic heterocycles. The summed E-state index contributed by atoms with van der Waals surface area (Å²) in [5.74, 6) is 0. The van der Waals surface area contributed by atoms with E-state index in [9.17, 15) is 0 Å². The molecule has 0 aromatic rings. The first-order valence-corrected chi connectivity index (χ1v) is 3.99. The zero-order valence-corrected chi connectivity index (χ0v) is 6.98. The molecule has 0 radical (unpaired) electrons. The minimum atomic E-state index is 1.25. The Kier molecular flexibility index (Phi) is 6.06. The zero-order valence-electron chi connectivity index (χ0n) is 6.98. The summed E-state index contributed by atoms with van der Waals surface area (Å²) in [6.45, 7) is 6.89. The number of likely N-dealkylation sites (tertiary alicyclic amines) is 1. The van der Waals surface area contributed by atoms with Crippen LogP contribution in [0.5, 0.6) is 0 Å². The second-order valence-electron chi connectivity index (χ2n) is 2.72. The maximum Gasteiger partial charge on any atom is -0.00213 e. The Morgan fingerprint density at radius 1 is 1.11 bits per heavy atom. The predicted octanol–water partition coefficient (Wildman–Crippen LogP) is 2.13. The van der Waals surface area contributed by atoms with Gasteiger partial charge in [0.1, 0.15) is 0 Å². The summed E-state index contributed by atoms with van der Waals surface area (Å²) in [6.07, 6.45) is 4.08. The van der Waals surface area contributed by atoms with Gasteiger partial charge in [-0.05, 0) is 33.0 Å². The van der Waals surface area contributed by atoms with Crippen molar-refractivity contribution in [3.05, 3.63) is 0 Å². The molecule has 1 nitrogen and oxygen atoms in total. The van der Waals surface area contributed by atoms with Gasteiger partial charge in [0.2, 0.25) is 0 Å². The molecular weight excluding hydrogens is 110 g/mol. The van der Waals surface area contributed by atoms with Crippen LogP contribution in [0.1, 0.15) is 33.1 Å². The Morgan fingerprint density at radius 3 is 1.56 bits per heavy atom. The second kappa shape index (κ2) is 6.09. The summed E-state index contributed by atoms with van der Waals surface area (Å²) >= 11 is 0. The highest BCUT2D eigenvalue weighted by Crippen LogP contribution is 2.01. The van der Waals surface area contributed by atoms with Crippen LogP contribution in [0, 0.1) is 0 Å². The molecule has 1 aliphatic rings. The van der Waals surface area contributed by atoms with Crippen molar-refractivity contribution in [3.63, 3.8) is 0 Å². The molecule has 9 heavy (non-hydrogen) atoms. The van der Waals surface area contributed by atoms with E-state index in [2.05, 4.69) is 25.8 Å². The van der Waals surface area contributed by atoms with E-state index in [1.807, 2.05) is 0 Å². The molecular formula is C8H19N. The number of rotatable bonds is 0. The summed E-state index contributed by atoms with van der Waals surface area (Å²) in [5, 5.41) is 0. The molecule has 1 heteroatoms. The van der Waals surface area contributed by atoms with E-state index in [-0.39, 0.29) is 0 Å². The van der Waals surface area contributed by atoms with Gasteiger partial charge in [-0.15, -0.1) is 0 Å². The van der Waals surface area contributed by atoms with Crippen LogP contribution in [0.25, 0.3) is 0 Å². The largest absolute Gasteiger partial charge is 0.306 e. The molecule has 0 amide bonds. The highest BCUT2D eigenvalue weighted by Gasteiger charge is 2.03. The number of hydrogen-bond donors (Lipinski definition) is 0. The van der Waals surface area contributed by atoms with Crippen molar-refractivity contribution in [3.8, 4) is 0 Å². The average Bonchev–Trinajstić information content (AvgIpc) is 2.20. The molecule has 56 valence electrons. The summed E-state index contributed by atoms with van der Waals surface area (Å²) in [6, 6.07) is 0. The van der Waals surface area contributed by atoms with E-state index < -0.39 is 0 Å². The SMILES string of the molecule is CCC.CN1CCCC1. The van der Waals surface area contributed by atoms with E-state index in [0.717, 1.165) is 0 Å². The number of nitrogens with zero attached hydrogens (tertiary/aromatic N) is 1. The van der Waals surface area contributed by atoms with Crippen LogP contribution in [0.2, 0.25) is 0 Å². The average molecular weight is 129 g/mol. The maximum absolute atomic E-state index is 2.36. The topological polar surface area (TPSA) is 3.24 Å². The lowest BCUT2D eigenvalue weighted by atomic mass is 10.4. The van der Waals surface area contributed by atoms with Crippen molar-refractivity contribution in [2.75, 3.05) is 20.1 Å². The van der Waals surface area contributed by atoms with Crippen molar-refractivity contribution in [1.82, 2.24) is 4.90 Å². The lowest BCUT2D eigenvalue weighted by Crippen LogP contribution is -2.10. The van der Waals surface area contributed by atoms with E-state index in [4.69, 9.17) is 0 Å². The van der Waals surface area contributed by atoms with Crippen LogP contribution in [-0.2, 0) is 0 Å². The quantitative estimate of drug-likeness (QED) is 0.484. The minimum Gasteiger partial charge on any atom is -0.306 e. The van der Waals surface area contributed by atoms with E-state index in [1.54, 1.807) is 0 Å². The maximum atomic E-state index is 2.36. The molecule has 0 unspecified atom stereocenters. The van der Waals surface area contributed by atoms with Crippen LogP contribution in [0.4, 0.5) is 0 Å². The first-order valence-electron chi connectivity index (χ1n) is 3.99. The molecule has 0 bridgehead atoms. The Balaban J connectivity index is 0.000000187. The lowest BCUT2D eigenvalue weighted by Gasteiger charge is -2.01. The highest BCUT2D eigenvalue weighted by atomic mass is 15.1. The fourth-order valence-electron chi connectivity index (χ4n) is 0.875. The van der Waals surface area contributed by atoms with Gasteiger partial charge in [-0.2, -0.15) is 0 Å². The summed E-state index contributed by atoms with van der Waals surface area (Å²) in [5.41, 5.74) is 0. The van der Waals surface area contributed by atoms with E-state index in [0.29, 0.717) is 0 Å². The summed E-state index contributed by atoms with van der Waals surface area (Å²) in [4.78, 5) is 2.36. The van der Waals surface area contributed by atoms with Gasteiger partial charge in [0.05, 0.1) is 0 Å². The summed E-state index contributed by atoms with van der Waals surface area (Å²) < 4.78 is 0. The molecule has 1 fully saturated rings. The Bertz CT molecular complexity index is 46.5. The highest BCUT2D eigenvalue weighted by molar-refractivity contribution is 4.59. The molecule has 0 aromatic carbocycles. The molecule has 0 N–H and O–H groups in total. The van der Waals surface area contributed by atoms with Crippen LogP contribution < -0.4 is 0 Å².